The molecule has 0 aromatic heterocycles. The summed E-state index contributed by atoms with van der Waals surface area (Å²) in [4.78, 5) is 22.2. The number of hydrogen-bond donors (Lipinski definition) is 2. The van der Waals surface area contributed by atoms with Crippen molar-refractivity contribution < 1.29 is 19.4 Å². The molecule has 21 heavy (non-hydrogen) atoms. The largest absolute Gasteiger partial charge is 0.484 e. The zero-order valence-electron chi connectivity index (χ0n) is 12.6. The van der Waals surface area contributed by atoms with Gasteiger partial charge in [0, 0.05) is 13.0 Å². The molecule has 5 heteroatoms. The van der Waals surface area contributed by atoms with Gasteiger partial charge >= 0.3 is 5.97 Å². The lowest BCUT2D eigenvalue weighted by molar-refractivity contribution is -0.137. The van der Waals surface area contributed by atoms with Gasteiger partial charge in [-0.3, -0.25) is 9.59 Å². The Morgan fingerprint density at radius 2 is 1.86 bits per heavy atom. The van der Waals surface area contributed by atoms with E-state index in [2.05, 4.69) is 5.32 Å². The topological polar surface area (TPSA) is 75.6 Å². The second-order valence-electron chi connectivity index (χ2n) is 5.76. The van der Waals surface area contributed by atoms with E-state index in [0.29, 0.717) is 18.7 Å². The minimum Gasteiger partial charge on any atom is -0.484 e. The van der Waals surface area contributed by atoms with E-state index in [9.17, 15) is 9.59 Å². The molecule has 0 saturated heterocycles. The van der Waals surface area contributed by atoms with Crippen LogP contribution in [0.3, 0.4) is 0 Å². The molecule has 0 radical (unpaired) electrons. The summed E-state index contributed by atoms with van der Waals surface area (Å²) in [5.74, 6) is -0.300. The molecule has 0 aliphatic rings. The number of amides is 1. The van der Waals surface area contributed by atoms with Crippen molar-refractivity contribution in [3.63, 3.8) is 0 Å². The number of carboxylic acids is 1. The quantitative estimate of drug-likeness (QED) is 0.733. The Labute approximate surface area is 125 Å². The van der Waals surface area contributed by atoms with Crippen LogP contribution in [0.25, 0.3) is 0 Å². The van der Waals surface area contributed by atoms with Crippen LogP contribution in [-0.2, 0) is 9.59 Å². The number of nitrogens with one attached hydrogen (secondary N) is 1. The highest BCUT2D eigenvalue weighted by Crippen LogP contribution is 2.25. The minimum atomic E-state index is -0.789. The van der Waals surface area contributed by atoms with E-state index in [0.717, 1.165) is 6.42 Å². The molecule has 0 spiro atoms. The van der Waals surface area contributed by atoms with Gasteiger partial charge in [-0.2, -0.15) is 0 Å². The van der Waals surface area contributed by atoms with Gasteiger partial charge in [0.25, 0.3) is 5.91 Å². The maximum Gasteiger partial charge on any atom is 0.303 e. The Morgan fingerprint density at radius 3 is 2.48 bits per heavy atom. The SMILES string of the molecule is CC(C)(CCNC(=O)COc1ccccc1)CCC(=O)O. The Hall–Kier alpha value is -2.04. The lowest BCUT2D eigenvalue weighted by atomic mass is 9.84. The van der Waals surface area contributed by atoms with E-state index in [1.165, 1.54) is 0 Å². The lowest BCUT2D eigenvalue weighted by Crippen LogP contribution is -2.32. The van der Waals surface area contributed by atoms with Crippen LogP contribution >= 0.6 is 0 Å². The molecule has 1 aromatic rings. The van der Waals surface area contributed by atoms with Crippen molar-refractivity contribution in [2.24, 2.45) is 5.41 Å². The minimum absolute atomic E-state index is 0.0143. The van der Waals surface area contributed by atoms with Crippen molar-refractivity contribution in [2.75, 3.05) is 13.2 Å². The Kier molecular flexibility index (Phi) is 6.72. The molecular formula is C16H23NO4. The van der Waals surface area contributed by atoms with Gasteiger partial charge in [0.05, 0.1) is 0 Å². The number of aliphatic carboxylic acids is 1. The molecule has 0 heterocycles. The van der Waals surface area contributed by atoms with E-state index in [-0.39, 0.29) is 24.3 Å². The fourth-order valence-corrected chi connectivity index (χ4v) is 1.83. The highest BCUT2D eigenvalue weighted by Gasteiger charge is 2.19. The third-order valence-electron chi connectivity index (χ3n) is 3.25. The highest BCUT2D eigenvalue weighted by molar-refractivity contribution is 5.77. The number of para-hydroxylation sites is 1. The number of carbonyl (C=O) groups is 2. The lowest BCUT2D eigenvalue weighted by Gasteiger charge is -2.23. The van der Waals surface area contributed by atoms with Gasteiger partial charge < -0.3 is 15.2 Å². The average molecular weight is 293 g/mol. The highest BCUT2D eigenvalue weighted by atomic mass is 16.5. The van der Waals surface area contributed by atoms with Crippen LogP contribution < -0.4 is 10.1 Å². The predicted octanol–water partition coefficient (Wildman–Crippen LogP) is 2.46. The molecule has 0 saturated carbocycles. The van der Waals surface area contributed by atoms with Gasteiger partial charge in [-0.05, 0) is 30.4 Å². The predicted molar refractivity (Wildman–Crippen MR) is 80.2 cm³/mol. The summed E-state index contributed by atoms with van der Waals surface area (Å²) in [6.07, 6.45) is 1.48. The van der Waals surface area contributed by atoms with E-state index < -0.39 is 5.97 Å². The van der Waals surface area contributed by atoms with Crippen molar-refractivity contribution in [1.82, 2.24) is 5.32 Å². The fourth-order valence-electron chi connectivity index (χ4n) is 1.83. The molecule has 1 rings (SSSR count). The molecule has 1 aromatic carbocycles. The number of carboxylic acid groups (broad SMARTS) is 1. The second-order valence-corrected chi connectivity index (χ2v) is 5.76. The second kappa shape index (κ2) is 8.29. The number of hydrogen-bond acceptors (Lipinski definition) is 3. The maximum atomic E-state index is 11.6. The third kappa shape index (κ3) is 7.97. The first-order valence-electron chi connectivity index (χ1n) is 7.05. The molecule has 0 atom stereocenters. The summed E-state index contributed by atoms with van der Waals surface area (Å²) in [5, 5.41) is 11.5. The van der Waals surface area contributed by atoms with Crippen LogP contribution in [0, 0.1) is 5.41 Å². The molecule has 0 unspecified atom stereocenters. The van der Waals surface area contributed by atoms with Crippen molar-refractivity contribution >= 4 is 11.9 Å². The van der Waals surface area contributed by atoms with Gasteiger partial charge in [-0.1, -0.05) is 32.0 Å². The maximum absolute atomic E-state index is 11.6. The zero-order valence-corrected chi connectivity index (χ0v) is 12.6. The normalized spacial score (nSPS) is 11.0. The van der Waals surface area contributed by atoms with Crippen LogP contribution in [0.1, 0.15) is 33.1 Å². The van der Waals surface area contributed by atoms with Crippen LogP contribution in [0.2, 0.25) is 0 Å². The van der Waals surface area contributed by atoms with E-state index >= 15 is 0 Å². The zero-order chi connectivity index (χ0) is 15.7. The van der Waals surface area contributed by atoms with Crippen molar-refractivity contribution in [2.45, 2.75) is 33.1 Å². The van der Waals surface area contributed by atoms with Gasteiger partial charge in [0.1, 0.15) is 5.75 Å². The van der Waals surface area contributed by atoms with Crippen molar-refractivity contribution in [3.8, 4) is 5.75 Å². The monoisotopic (exact) mass is 293 g/mol. The van der Waals surface area contributed by atoms with Crippen molar-refractivity contribution in [1.29, 1.82) is 0 Å². The molecule has 5 nitrogen and oxygen atoms in total. The first kappa shape index (κ1) is 17.0. The van der Waals surface area contributed by atoms with Crippen LogP contribution in [0.5, 0.6) is 5.75 Å². The number of benzene rings is 1. The summed E-state index contributed by atoms with van der Waals surface area (Å²) >= 11 is 0. The standard InChI is InChI=1S/C16H23NO4/c1-16(2,9-8-15(19)20)10-11-17-14(18)12-21-13-6-4-3-5-7-13/h3-7H,8-12H2,1-2H3,(H,17,18)(H,19,20). The third-order valence-corrected chi connectivity index (χ3v) is 3.25. The number of carbonyl (C=O) groups excluding carboxylic acids is 1. The molecular weight excluding hydrogens is 270 g/mol. The summed E-state index contributed by atoms with van der Waals surface area (Å²) in [6, 6.07) is 9.16. The number of ether oxygens (including phenoxy) is 1. The van der Waals surface area contributed by atoms with E-state index in [1.54, 1.807) is 12.1 Å². The average Bonchev–Trinajstić information content (AvgIpc) is 2.44. The molecule has 0 bridgehead atoms. The summed E-state index contributed by atoms with van der Waals surface area (Å²) in [6.45, 7) is 4.51. The van der Waals surface area contributed by atoms with Crippen LogP contribution in [0.4, 0.5) is 0 Å². The molecule has 0 aliphatic carbocycles. The Balaban J connectivity index is 2.19. The summed E-state index contributed by atoms with van der Waals surface area (Å²) < 4.78 is 5.34. The Morgan fingerprint density at radius 1 is 1.19 bits per heavy atom. The van der Waals surface area contributed by atoms with E-state index in [4.69, 9.17) is 9.84 Å². The molecule has 2 N–H and O–H groups in total. The molecule has 116 valence electrons. The Bertz CT molecular complexity index is 457. The van der Waals surface area contributed by atoms with Crippen molar-refractivity contribution in [3.05, 3.63) is 30.3 Å². The van der Waals surface area contributed by atoms with Gasteiger partial charge in [-0.15, -0.1) is 0 Å². The van der Waals surface area contributed by atoms with Crippen LogP contribution in [0.15, 0.2) is 30.3 Å². The van der Waals surface area contributed by atoms with E-state index in [1.807, 2.05) is 32.0 Å². The molecule has 1 amide bonds. The van der Waals surface area contributed by atoms with Gasteiger partial charge in [0.2, 0.25) is 0 Å². The first-order chi connectivity index (χ1) is 9.89. The summed E-state index contributed by atoms with van der Waals surface area (Å²) in [7, 11) is 0. The number of rotatable bonds is 9. The smallest absolute Gasteiger partial charge is 0.303 e. The van der Waals surface area contributed by atoms with Gasteiger partial charge in [-0.25, -0.2) is 0 Å². The fraction of sp³-hybridized carbons (Fsp3) is 0.500. The first-order valence-corrected chi connectivity index (χ1v) is 7.05. The molecule has 0 fully saturated rings. The van der Waals surface area contributed by atoms with Crippen LogP contribution in [-0.4, -0.2) is 30.1 Å². The van der Waals surface area contributed by atoms with Gasteiger partial charge in [0.15, 0.2) is 6.61 Å². The molecule has 0 aliphatic heterocycles. The summed E-state index contributed by atoms with van der Waals surface area (Å²) in [5.41, 5.74) is -0.105.